The van der Waals surface area contributed by atoms with Gasteiger partial charge in [-0.15, -0.1) is 0 Å². The average molecular weight is 338 g/mol. The molecular formula is C14H26O7S. The molecule has 0 saturated heterocycles. The molecule has 0 aromatic heterocycles. The summed E-state index contributed by atoms with van der Waals surface area (Å²) in [7, 11) is -4.78. The van der Waals surface area contributed by atoms with Crippen molar-refractivity contribution < 1.29 is 32.4 Å². The highest BCUT2D eigenvalue weighted by atomic mass is 32.2. The first kappa shape index (κ1) is 20.9. The third-order valence-corrected chi connectivity index (χ3v) is 4.23. The van der Waals surface area contributed by atoms with Crippen LogP contribution in [0, 0.1) is 5.92 Å². The molecule has 8 heteroatoms. The summed E-state index contributed by atoms with van der Waals surface area (Å²) >= 11 is 0. The molecule has 0 aromatic rings. The summed E-state index contributed by atoms with van der Waals surface area (Å²) in [6, 6.07) is 0. The third-order valence-electron chi connectivity index (χ3n) is 3.15. The molecule has 0 saturated carbocycles. The number of hydrogen-bond donors (Lipinski definition) is 2. The lowest BCUT2D eigenvalue weighted by atomic mass is 10.0. The van der Waals surface area contributed by atoms with Crippen molar-refractivity contribution in [3.8, 4) is 0 Å². The Morgan fingerprint density at radius 3 is 2.09 bits per heavy atom. The second-order valence-corrected chi connectivity index (χ2v) is 7.32. The molecule has 0 unspecified atom stereocenters. The van der Waals surface area contributed by atoms with Crippen molar-refractivity contribution in [1.82, 2.24) is 0 Å². The van der Waals surface area contributed by atoms with Gasteiger partial charge in [0.1, 0.15) is 0 Å². The van der Waals surface area contributed by atoms with E-state index in [9.17, 15) is 18.0 Å². The fourth-order valence-electron chi connectivity index (χ4n) is 1.92. The van der Waals surface area contributed by atoms with E-state index in [2.05, 4.69) is 13.8 Å². The second kappa shape index (κ2) is 10.6. The second-order valence-electron chi connectivity index (χ2n) is 5.72. The lowest BCUT2D eigenvalue weighted by Crippen LogP contribution is -2.34. The van der Waals surface area contributed by atoms with Crippen LogP contribution in [0.5, 0.6) is 0 Å². The van der Waals surface area contributed by atoms with Gasteiger partial charge in [0.25, 0.3) is 10.1 Å². The van der Waals surface area contributed by atoms with Gasteiger partial charge in [0.05, 0.1) is 13.0 Å². The molecule has 0 aliphatic rings. The highest BCUT2D eigenvalue weighted by molar-refractivity contribution is 7.87. The zero-order chi connectivity index (χ0) is 17.2. The summed E-state index contributed by atoms with van der Waals surface area (Å²) in [5, 5.41) is 6.48. The zero-order valence-corrected chi connectivity index (χ0v) is 14.0. The van der Waals surface area contributed by atoms with Crippen molar-refractivity contribution in [3.63, 3.8) is 0 Å². The molecule has 22 heavy (non-hydrogen) atoms. The maximum Gasteiger partial charge on any atom is 0.327 e. The predicted octanol–water partition coefficient (Wildman–Crippen LogP) is 2.26. The molecule has 2 N–H and O–H groups in total. The van der Waals surface area contributed by atoms with Gasteiger partial charge in [0.2, 0.25) is 0 Å². The number of aliphatic carboxylic acids is 1. The molecule has 0 bridgehead atoms. The van der Waals surface area contributed by atoms with Crippen molar-refractivity contribution in [2.75, 3.05) is 6.61 Å². The van der Waals surface area contributed by atoms with Gasteiger partial charge in [-0.2, -0.15) is 8.42 Å². The summed E-state index contributed by atoms with van der Waals surface area (Å²) in [6.07, 6.45) is 4.85. The zero-order valence-electron chi connectivity index (χ0n) is 13.2. The molecule has 0 aromatic carbocycles. The van der Waals surface area contributed by atoms with E-state index in [1.54, 1.807) is 0 Å². The summed E-state index contributed by atoms with van der Waals surface area (Å²) in [5.41, 5.74) is 0. The van der Waals surface area contributed by atoms with Gasteiger partial charge in [-0.3, -0.25) is 14.1 Å². The van der Waals surface area contributed by atoms with Crippen molar-refractivity contribution in [2.45, 2.75) is 64.0 Å². The van der Waals surface area contributed by atoms with Crippen LogP contribution in [0.4, 0.5) is 0 Å². The van der Waals surface area contributed by atoms with E-state index in [1.807, 2.05) is 0 Å². The van der Waals surface area contributed by atoms with Crippen LogP contribution in [0.2, 0.25) is 0 Å². The van der Waals surface area contributed by atoms with Gasteiger partial charge in [-0.1, -0.05) is 46.0 Å². The van der Waals surface area contributed by atoms with Crippen molar-refractivity contribution in [2.24, 2.45) is 5.92 Å². The van der Waals surface area contributed by atoms with Crippen LogP contribution in [-0.2, 0) is 24.4 Å². The molecular weight excluding hydrogens is 312 g/mol. The maximum atomic E-state index is 11.5. The molecule has 0 heterocycles. The van der Waals surface area contributed by atoms with E-state index in [0.717, 1.165) is 25.7 Å². The quantitative estimate of drug-likeness (QED) is 0.318. The third kappa shape index (κ3) is 10.6. The van der Waals surface area contributed by atoms with Gasteiger partial charge in [-0.25, -0.2) is 0 Å². The summed E-state index contributed by atoms with van der Waals surface area (Å²) in [5.74, 6) is -2.03. The van der Waals surface area contributed by atoms with Crippen molar-refractivity contribution >= 4 is 22.1 Å². The molecule has 0 fully saturated rings. The predicted molar refractivity (Wildman–Crippen MR) is 81.1 cm³/mol. The largest absolute Gasteiger partial charge is 0.481 e. The number of rotatable bonds is 12. The van der Waals surface area contributed by atoms with Crippen LogP contribution in [0.15, 0.2) is 0 Å². The van der Waals surface area contributed by atoms with Gasteiger partial charge in [0.15, 0.2) is 5.25 Å². The number of ether oxygens (including phenoxy) is 1. The summed E-state index contributed by atoms with van der Waals surface area (Å²) in [6.45, 7) is 4.36. The standard InChI is InChI=1S/C14H26O7S/c1-11(2)8-6-4-3-5-7-9-21-14(17)12(10-13(15)16)22(18,19)20/h11-12H,3-10H2,1-2H3,(H,15,16)(H,18,19,20)/t12-/m0/s1. The summed E-state index contributed by atoms with van der Waals surface area (Å²) in [4.78, 5) is 22.0. The Labute approximate surface area is 131 Å². The first-order valence-corrected chi connectivity index (χ1v) is 8.99. The molecule has 7 nitrogen and oxygen atoms in total. The van der Waals surface area contributed by atoms with Gasteiger partial charge in [0, 0.05) is 0 Å². The Kier molecular flexibility index (Phi) is 10.0. The van der Waals surface area contributed by atoms with Crippen LogP contribution in [0.1, 0.15) is 58.8 Å². The van der Waals surface area contributed by atoms with Crippen LogP contribution in [0.25, 0.3) is 0 Å². The first-order valence-electron chi connectivity index (χ1n) is 7.49. The number of hydrogen-bond acceptors (Lipinski definition) is 5. The van der Waals surface area contributed by atoms with Crippen LogP contribution < -0.4 is 0 Å². The van der Waals surface area contributed by atoms with E-state index >= 15 is 0 Å². The molecule has 130 valence electrons. The van der Waals surface area contributed by atoms with Gasteiger partial charge in [-0.05, 0) is 12.3 Å². The molecule has 0 rings (SSSR count). The Morgan fingerprint density at radius 1 is 1.05 bits per heavy atom. The molecule has 0 aliphatic heterocycles. The normalized spacial score (nSPS) is 13.1. The lowest BCUT2D eigenvalue weighted by molar-refractivity contribution is -0.147. The smallest absolute Gasteiger partial charge is 0.327 e. The molecule has 0 spiro atoms. The minimum Gasteiger partial charge on any atom is -0.481 e. The number of esters is 1. The number of carbonyl (C=O) groups excluding carboxylic acids is 1. The van der Waals surface area contributed by atoms with Crippen LogP contribution in [0.3, 0.4) is 0 Å². The van der Waals surface area contributed by atoms with E-state index < -0.39 is 33.7 Å². The minimum atomic E-state index is -4.78. The van der Waals surface area contributed by atoms with E-state index in [4.69, 9.17) is 14.4 Å². The molecule has 0 amide bonds. The van der Waals surface area contributed by atoms with Crippen LogP contribution >= 0.6 is 0 Å². The topological polar surface area (TPSA) is 118 Å². The van der Waals surface area contributed by atoms with E-state index in [1.165, 1.54) is 6.42 Å². The monoisotopic (exact) mass is 338 g/mol. The number of carboxylic acid groups (broad SMARTS) is 1. The fourth-order valence-corrected chi connectivity index (χ4v) is 2.58. The van der Waals surface area contributed by atoms with Gasteiger partial charge < -0.3 is 9.84 Å². The fraction of sp³-hybridized carbons (Fsp3) is 0.857. The maximum absolute atomic E-state index is 11.5. The van der Waals surface area contributed by atoms with Gasteiger partial charge >= 0.3 is 11.9 Å². The molecule has 0 radical (unpaired) electrons. The lowest BCUT2D eigenvalue weighted by Gasteiger charge is -2.11. The molecule has 0 aliphatic carbocycles. The Balaban J connectivity index is 3.93. The van der Waals surface area contributed by atoms with Crippen LogP contribution in [-0.4, -0.2) is 41.9 Å². The van der Waals surface area contributed by atoms with Crippen molar-refractivity contribution in [3.05, 3.63) is 0 Å². The minimum absolute atomic E-state index is 0.0225. The number of unbranched alkanes of at least 4 members (excludes halogenated alkanes) is 4. The van der Waals surface area contributed by atoms with E-state index in [-0.39, 0.29) is 6.61 Å². The number of carbonyl (C=O) groups is 2. The Bertz CT molecular complexity index is 442. The SMILES string of the molecule is CC(C)CCCCCCCOC(=O)[C@H](CC(=O)O)S(=O)(=O)O. The average Bonchev–Trinajstić information content (AvgIpc) is 2.37. The highest BCUT2D eigenvalue weighted by Gasteiger charge is 2.34. The number of carboxylic acids is 1. The summed E-state index contributed by atoms with van der Waals surface area (Å²) < 4.78 is 35.5. The van der Waals surface area contributed by atoms with E-state index in [0.29, 0.717) is 12.3 Å². The highest BCUT2D eigenvalue weighted by Crippen LogP contribution is 2.11. The van der Waals surface area contributed by atoms with Crippen molar-refractivity contribution in [1.29, 1.82) is 0 Å². The first-order chi connectivity index (χ1) is 10.1. The Morgan fingerprint density at radius 2 is 1.59 bits per heavy atom. The molecule has 1 atom stereocenters. The Hall–Kier alpha value is -1.15.